The number of hydrogen-bond donors (Lipinski definition) is 0. The molecule has 17 heavy (non-hydrogen) atoms. The SMILES string of the molecule is CC(C)(C)C(=O)c1cc(C(F)(F)F)ccc1Cl. The quantitative estimate of drug-likeness (QED) is 0.678. The molecule has 0 saturated carbocycles. The van der Waals surface area contributed by atoms with Crippen LogP contribution in [-0.2, 0) is 6.18 Å². The van der Waals surface area contributed by atoms with Crippen molar-refractivity contribution in [1.82, 2.24) is 0 Å². The number of halogens is 4. The van der Waals surface area contributed by atoms with Crippen molar-refractivity contribution in [3.63, 3.8) is 0 Å². The number of hydrogen-bond acceptors (Lipinski definition) is 1. The molecule has 0 N–H and O–H groups in total. The van der Waals surface area contributed by atoms with Crippen LogP contribution in [0.15, 0.2) is 18.2 Å². The molecule has 1 aromatic rings. The Morgan fingerprint density at radius 1 is 1.18 bits per heavy atom. The van der Waals surface area contributed by atoms with Crippen LogP contribution in [0.3, 0.4) is 0 Å². The fourth-order valence-electron chi connectivity index (χ4n) is 1.28. The summed E-state index contributed by atoms with van der Waals surface area (Å²) >= 11 is 5.76. The second-order valence-electron chi connectivity index (χ2n) is 4.77. The molecule has 1 nitrogen and oxygen atoms in total. The Hall–Kier alpha value is -1.03. The van der Waals surface area contributed by atoms with Gasteiger partial charge in [-0.25, -0.2) is 0 Å². The molecule has 0 radical (unpaired) electrons. The number of benzene rings is 1. The highest BCUT2D eigenvalue weighted by atomic mass is 35.5. The molecule has 0 unspecified atom stereocenters. The molecule has 0 bridgehead atoms. The minimum atomic E-state index is -4.47. The lowest BCUT2D eigenvalue weighted by atomic mass is 9.86. The summed E-state index contributed by atoms with van der Waals surface area (Å²) in [6, 6.07) is 2.76. The highest BCUT2D eigenvalue weighted by Gasteiger charge is 2.33. The van der Waals surface area contributed by atoms with E-state index in [2.05, 4.69) is 0 Å². The van der Waals surface area contributed by atoms with Gasteiger partial charge in [0.25, 0.3) is 0 Å². The lowest BCUT2D eigenvalue weighted by molar-refractivity contribution is -0.137. The number of carbonyl (C=O) groups is 1. The summed E-state index contributed by atoms with van der Waals surface area (Å²) in [7, 11) is 0. The van der Waals surface area contributed by atoms with E-state index in [-0.39, 0.29) is 10.6 Å². The lowest BCUT2D eigenvalue weighted by Gasteiger charge is -2.18. The van der Waals surface area contributed by atoms with Crippen molar-refractivity contribution in [2.45, 2.75) is 26.9 Å². The van der Waals surface area contributed by atoms with Gasteiger partial charge in [-0.3, -0.25) is 4.79 Å². The molecule has 0 aromatic heterocycles. The van der Waals surface area contributed by atoms with Gasteiger partial charge in [-0.1, -0.05) is 32.4 Å². The molecule has 0 fully saturated rings. The molecule has 1 aromatic carbocycles. The van der Waals surface area contributed by atoms with E-state index in [0.717, 1.165) is 18.2 Å². The zero-order valence-corrected chi connectivity index (χ0v) is 10.4. The van der Waals surface area contributed by atoms with E-state index in [4.69, 9.17) is 11.6 Å². The molecule has 0 amide bonds. The largest absolute Gasteiger partial charge is 0.416 e. The monoisotopic (exact) mass is 264 g/mol. The third kappa shape index (κ3) is 3.22. The number of ketones is 1. The van der Waals surface area contributed by atoms with Gasteiger partial charge >= 0.3 is 6.18 Å². The molecule has 0 heterocycles. The normalized spacial score (nSPS) is 12.6. The second kappa shape index (κ2) is 4.33. The van der Waals surface area contributed by atoms with E-state index in [1.54, 1.807) is 20.8 Å². The van der Waals surface area contributed by atoms with Gasteiger partial charge in [0.2, 0.25) is 0 Å². The Morgan fingerprint density at radius 2 is 1.71 bits per heavy atom. The van der Waals surface area contributed by atoms with Gasteiger partial charge in [0, 0.05) is 11.0 Å². The van der Waals surface area contributed by atoms with Crippen LogP contribution in [0.5, 0.6) is 0 Å². The summed E-state index contributed by atoms with van der Waals surface area (Å²) in [4.78, 5) is 11.9. The Kier molecular flexibility index (Phi) is 3.58. The van der Waals surface area contributed by atoms with Crippen LogP contribution in [0, 0.1) is 5.41 Å². The first-order valence-electron chi connectivity index (χ1n) is 4.95. The van der Waals surface area contributed by atoms with Gasteiger partial charge in [0.05, 0.1) is 10.6 Å². The number of alkyl halides is 3. The van der Waals surface area contributed by atoms with Crippen molar-refractivity contribution >= 4 is 17.4 Å². The van der Waals surface area contributed by atoms with E-state index in [0.29, 0.717) is 0 Å². The maximum Gasteiger partial charge on any atom is 0.416 e. The van der Waals surface area contributed by atoms with Crippen LogP contribution in [0.1, 0.15) is 36.7 Å². The average Bonchev–Trinajstić information content (AvgIpc) is 2.14. The molecule has 1 rings (SSSR count). The molecule has 94 valence electrons. The predicted octanol–water partition coefficient (Wildman–Crippen LogP) is 4.59. The first kappa shape index (κ1) is 14.0. The van der Waals surface area contributed by atoms with E-state index in [1.807, 2.05) is 0 Å². The Morgan fingerprint density at radius 3 is 2.12 bits per heavy atom. The third-order valence-electron chi connectivity index (χ3n) is 2.22. The molecule has 0 aliphatic heterocycles. The summed E-state index contributed by atoms with van der Waals surface area (Å²) in [6.07, 6.45) is -4.47. The van der Waals surface area contributed by atoms with Gasteiger partial charge in [-0.05, 0) is 18.2 Å². The molecule has 0 atom stereocenters. The lowest BCUT2D eigenvalue weighted by Crippen LogP contribution is -2.21. The van der Waals surface area contributed by atoms with Gasteiger partial charge in [0.15, 0.2) is 5.78 Å². The van der Waals surface area contributed by atoms with Crippen molar-refractivity contribution in [2.75, 3.05) is 0 Å². The van der Waals surface area contributed by atoms with Crippen molar-refractivity contribution in [3.8, 4) is 0 Å². The van der Waals surface area contributed by atoms with Crippen LogP contribution in [0.4, 0.5) is 13.2 Å². The fraction of sp³-hybridized carbons (Fsp3) is 0.417. The van der Waals surface area contributed by atoms with E-state index in [1.165, 1.54) is 0 Å². The number of rotatable bonds is 1. The third-order valence-corrected chi connectivity index (χ3v) is 2.55. The van der Waals surface area contributed by atoms with Crippen LogP contribution >= 0.6 is 11.6 Å². The standard InChI is InChI=1S/C12H12ClF3O/c1-11(2,3)10(17)8-6-7(12(14,15)16)4-5-9(8)13/h4-6H,1-3H3. The van der Waals surface area contributed by atoms with Gasteiger partial charge in [0.1, 0.15) is 0 Å². The summed E-state index contributed by atoms with van der Waals surface area (Å²) in [5, 5.41) is 0.0397. The minimum Gasteiger partial charge on any atom is -0.294 e. The second-order valence-corrected chi connectivity index (χ2v) is 5.18. The van der Waals surface area contributed by atoms with Crippen LogP contribution in [-0.4, -0.2) is 5.78 Å². The van der Waals surface area contributed by atoms with Crippen molar-refractivity contribution < 1.29 is 18.0 Å². The average molecular weight is 265 g/mol. The zero-order valence-electron chi connectivity index (χ0n) is 9.65. The Balaban J connectivity index is 3.30. The highest BCUT2D eigenvalue weighted by molar-refractivity contribution is 6.34. The van der Waals surface area contributed by atoms with Gasteiger partial charge in [-0.2, -0.15) is 13.2 Å². The first-order chi connectivity index (χ1) is 7.53. The molecule has 0 aliphatic carbocycles. The smallest absolute Gasteiger partial charge is 0.294 e. The number of carbonyl (C=O) groups excluding carboxylic acids is 1. The van der Waals surface area contributed by atoms with Crippen molar-refractivity contribution in [2.24, 2.45) is 5.41 Å². The summed E-state index contributed by atoms with van der Waals surface area (Å²) in [6.45, 7) is 4.89. The topological polar surface area (TPSA) is 17.1 Å². The fourth-order valence-corrected chi connectivity index (χ4v) is 1.48. The van der Waals surface area contributed by atoms with Crippen molar-refractivity contribution in [1.29, 1.82) is 0 Å². The predicted molar refractivity (Wildman–Crippen MR) is 60.2 cm³/mol. The Labute approximate surface area is 103 Å². The van der Waals surface area contributed by atoms with E-state index >= 15 is 0 Å². The highest BCUT2D eigenvalue weighted by Crippen LogP contribution is 2.33. The minimum absolute atomic E-state index is 0.0397. The van der Waals surface area contributed by atoms with Crippen molar-refractivity contribution in [3.05, 3.63) is 34.3 Å². The van der Waals surface area contributed by atoms with Gasteiger partial charge < -0.3 is 0 Å². The molecular formula is C12H12ClF3O. The summed E-state index contributed by atoms with van der Waals surface area (Å²) in [5.74, 6) is -0.409. The Bertz CT molecular complexity index is 444. The van der Waals surface area contributed by atoms with Crippen LogP contribution in [0.25, 0.3) is 0 Å². The maximum absolute atomic E-state index is 12.5. The molecule has 0 saturated heterocycles. The summed E-state index contributed by atoms with van der Waals surface area (Å²) < 4.78 is 37.5. The van der Waals surface area contributed by atoms with Crippen LogP contribution in [0.2, 0.25) is 5.02 Å². The first-order valence-corrected chi connectivity index (χ1v) is 5.33. The molecule has 5 heteroatoms. The number of Topliss-reactive ketones (excluding diaryl/α,β-unsaturated/α-hetero) is 1. The molecule has 0 spiro atoms. The molecule has 0 aliphatic rings. The van der Waals surface area contributed by atoms with Gasteiger partial charge in [-0.15, -0.1) is 0 Å². The maximum atomic E-state index is 12.5. The van der Waals surface area contributed by atoms with Crippen LogP contribution < -0.4 is 0 Å². The zero-order chi connectivity index (χ0) is 13.4. The molecular weight excluding hydrogens is 253 g/mol. The summed E-state index contributed by atoms with van der Waals surface area (Å²) in [5.41, 5.74) is -1.73. The van der Waals surface area contributed by atoms with E-state index in [9.17, 15) is 18.0 Å². The van der Waals surface area contributed by atoms with E-state index < -0.39 is 22.9 Å².